The van der Waals surface area contributed by atoms with Gasteiger partial charge in [0.25, 0.3) is 0 Å². The average Bonchev–Trinajstić information content (AvgIpc) is 3.53. The fourth-order valence-electron chi connectivity index (χ4n) is 5.02. The third-order valence-corrected chi connectivity index (χ3v) is 6.64. The van der Waals surface area contributed by atoms with Crippen molar-refractivity contribution in [1.29, 1.82) is 5.26 Å². The molecular formula is C27H23N7O2. The maximum atomic E-state index is 13.3. The van der Waals surface area contributed by atoms with Gasteiger partial charge in [0.1, 0.15) is 46.4 Å². The number of anilines is 5. The number of para-hydroxylation sites is 1. The molecule has 1 saturated heterocycles. The fraction of sp³-hybridized carbons (Fsp3) is 0.185. The van der Waals surface area contributed by atoms with E-state index in [-0.39, 0.29) is 24.0 Å². The Morgan fingerprint density at radius 3 is 2.17 bits per heavy atom. The summed E-state index contributed by atoms with van der Waals surface area (Å²) in [5.74, 6) is 2.51. The number of ether oxygens (including phenoxy) is 1. The molecule has 36 heavy (non-hydrogen) atoms. The molecule has 1 fully saturated rings. The van der Waals surface area contributed by atoms with Crippen LogP contribution in [-0.4, -0.2) is 29.0 Å². The number of carbonyl (C=O) groups is 1. The number of pyridine rings is 2. The van der Waals surface area contributed by atoms with Crippen molar-refractivity contribution in [3.63, 3.8) is 0 Å². The van der Waals surface area contributed by atoms with Crippen LogP contribution in [-0.2, 0) is 11.2 Å². The van der Waals surface area contributed by atoms with E-state index >= 15 is 0 Å². The van der Waals surface area contributed by atoms with Crippen LogP contribution in [0.1, 0.15) is 24.0 Å². The molecule has 0 aliphatic carbocycles. The van der Waals surface area contributed by atoms with E-state index in [4.69, 9.17) is 16.2 Å². The summed E-state index contributed by atoms with van der Waals surface area (Å²) in [7, 11) is 0. The van der Waals surface area contributed by atoms with E-state index in [0.29, 0.717) is 45.0 Å². The van der Waals surface area contributed by atoms with Gasteiger partial charge in [-0.25, -0.2) is 9.97 Å². The van der Waals surface area contributed by atoms with Crippen molar-refractivity contribution in [3.05, 3.63) is 65.7 Å². The number of carbonyl (C=O) groups excluding carboxylic acids is 1. The number of hydrogen-bond donors (Lipinski definition) is 2. The molecule has 0 bridgehead atoms. The summed E-state index contributed by atoms with van der Waals surface area (Å²) in [5.41, 5.74) is 14.3. The maximum Gasteiger partial charge on any atom is 0.237 e. The van der Waals surface area contributed by atoms with Gasteiger partial charge in [0, 0.05) is 24.0 Å². The molecule has 2 aromatic carbocycles. The minimum absolute atomic E-state index is 0.0823. The summed E-state index contributed by atoms with van der Waals surface area (Å²) < 4.78 is 5.87. The Morgan fingerprint density at radius 1 is 0.861 bits per heavy atom. The summed E-state index contributed by atoms with van der Waals surface area (Å²) in [4.78, 5) is 25.9. The third kappa shape index (κ3) is 3.43. The lowest BCUT2D eigenvalue weighted by molar-refractivity contribution is -0.116. The van der Waals surface area contributed by atoms with Gasteiger partial charge in [0.05, 0.1) is 17.5 Å². The largest absolute Gasteiger partial charge is 0.457 e. The molecule has 2 aromatic heterocycles. The van der Waals surface area contributed by atoms with Crippen LogP contribution in [0.15, 0.2) is 54.6 Å². The monoisotopic (exact) mass is 477 g/mol. The SMILES string of the molecule is N#Cc1c(N2CCCC2)nc(N)c2c(N)nc3c(c12)CC(=O)N3c1ccc(Oc2ccccc2)cc1. The van der Waals surface area contributed by atoms with E-state index in [1.165, 1.54) is 4.90 Å². The van der Waals surface area contributed by atoms with Crippen molar-refractivity contribution in [1.82, 2.24) is 9.97 Å². The van der Waals surface area contributed by atoms with Crippen molar-refractivity contribution in [2.24, 2.45) is 0 Å². The number of benzene rings is 2. The van der Waals surface area contributed by atoms with Gasteiger partial charge in [-0.1, -0.05) is 18.2 Å². The summed E-state index contributed by atoms with van der Waals surface area (Å²) >= 11 is 0. The topological polar surface area (TPSA) is 134 Å². The fourth-order valence-corrected chi connectivity index (χ4v) is 5.02. The van der Waals surface area contributed by atoms with Crippen LogP contribution in [0.25, 0.3) is 10.8 Å². The number of fused-ring (bicyclic) bond motifs is 3. The lowest BCUT2D eigenvalue weighted by atomic mass is 10.0. The van der Waals surface area contributed by atoms with Crippen LogP contribution in [0.2, 0.25) is 0 Å². The first kappa shape index (κ1) is 21.7. The predicted octanol–water partition coefficient (Wildman–Crippen LogP) is 4.28. The highest BCUT2D eigenvalue weighted by Crippen LogP contribution is 2.44. The quantitative estimate of drug-likeness (QED) is 0.445. The van der Waals surface area contributed by atoms with E-state index in [1.807, 2.05) is 30.3 Å². The van der Waals surface area contributed by atoms with Crippen LogP contribution < -0.4 is 26.0 Å². The standard InChI is InChI=1S/C27H23N7O2/c28-15-20-22-19-14-21(35)34(16-8-10-18(11-9-16)36-17-6-2-1-3-7-17)27(19)32-25(30)23(22)24(29)31-26(20)33-12-4-5-13-33/h1-3,6-11H,4-5,12-14H2,(H2,29,31)(H2,30,32). The molecule has 4 heterocycles. The summed E-state index contributed by atoms with van der Waals surface area (Å²) in [6.07, 6.45) is 2.13. The van der Waals surface area contributed by atoms with Gasteiger partial charge >= 0.3 is 0 Å². The number of hydrogen-bond acceptors (Lipinski definition) is 8. The molecule has 1 amide bonds. The zero-order chi connectivity index (χ0) is 24.8. The highest BCUT2D eigenvalue weighted by Gasteiger charge is 2.35. The van der Waals surface area contributed by atoms with E-state index < -0.39 is 0 Å². The maximum absolute atomic E-state index is 13.3. The molecule has 9 heteroatoms. The van der Waals surface area contributed by atoms with Gasteiger partial charge in [-0.05, 0) is 49.2 Å². The number of nitrogens with two attached hydrogens (primary N) is 2. The normalized spacial score (nSPS) is 14.8. The van der Waals surface area contributed by atoms with Crippen LogP contribution >= 0.6 is 0 Å². The minimum atomic E-state index is -0.164. The van der Waals surface area contributed by atoms with Crippen molar-refractivity contribution in [2.45, 2.75) is 19.3 Å². The second-order valence-corrected chi connectivity index (χ2v) is 8.87. The summed E-state index contributed by atoms with van der Waals surface area (Å²) in [6.45, 7) is 1.61. The van der Waals surface area contributed by atoms with Gasteiger partial charge < -0.3 is 21.1 Å². The van der Waals surface area contributed by atoms with Crippen LogP contribution in [0.5, 0.6) is 11.5 Å². The zero-order valence-electron chi connectivity index (χ0n) is 19.4. The molecule has 178 valence electrons. The minimum Gasteiger partial charge on any atom is -0.457 e. The smallest absolute Gasteiger partial charge is 0.237 e. The van der Waals surface area contributed by atoms with E-state index in [2.05, 4.69) is 20.9 Å². The van der Waals surface area contributed by atoms with E-state index in [1.54, 1.807) is 24.3 Å². The number of nitriles is 1. The molecular weight excluding hydrogens is 454 g/mol. The second-order valence-electron chi connectivity index (χ2n) is 8.87. The number of nitrogen functional groups attached to an aromatic ring is 2. The Hall–Kier alpha value is -4.84. The zero-order valence-corrected chi connectivity index (χ0v) is 19.4. The molecule has 0 saturated carbocycles. The Balaban J connectivity index is 1.46. The van der Waals surface area contributed by atoms with E-state index in [0.717, 1.165) is 31.7 Å². The Kier molecular flexibility index (Phi) is 5.08. The molecule has 4 N–H and O–H groups in total. The lowest BCUT2D eigenvalue weighted by Crippen LogP contribution is -2.22. The molecule has 0 radical (unpaired) electrons. The molecule has 2 aliphatic rings. The second kappa shape index (κ2) is 8.43. The van der Waals surface area contributed by atoms with Crippen molar-refractivity contribution in [3.8, 4) is 17.6 Å². The summed E-state index contributed by atoms with van der Waals surface area (Å²) in [6, 6.07) is 19.0. The van der Waals surface area contributed by atoms with Gasteiger partial charge in [-0.2, -0.15) is 5.26 Å². The lowest BCUT2D eigenvalue weighted by Gasteiger charge is -2.22. The number of aromatic nitrogens is 2. The Bertz CT molecular complexity index is 1540. The summed E-state index contributed by atoms with van der Waals surface area (Å²) in [5, 5.41) is 11.1. The molecule has 0 atom stereocenters. The van der Waals surface area contributed by atoms with Gasteiger partial charge in [0.15, 0.2) is 0 Å². The van der Waals surface area contributed by atoms with Crippen molar-refractivity contribution in [2.75, 3.05) is 34.4 Å². The first-order chi connectivity index (χ1) is 17.5. The first-order valence-electron chi connectivity index (χ1n) is 11.8. The molecule has 6 rings (SSSR count). The van der Waals surface area contributed by atoms with Crippen molar-refractivity contribution < 1.29 is 9.53 Å². The van der Waals surface area contributed by atoms with E-state index in [9.17, 15) is 10.1 Å². The number of rotatable bonds is 4. The first-order valence-corrected chi connectivity index (χ1v) is 11.8. The van der Waals surface area contributed by atoms with Crippen LogP contribution in [0, 0.1) is 11.3 Å². The molecule has 0 spiro atoms. The average molecular weight is 478 g/mol. The van der Waals surface area contributed by atoms with Crippen LogP contribution in [0.4, 0.5) is 29.0 Å². The molecule has 4 aromatic rings. The van der Waals surface area contributed by atoms with Gasteiger partial charge in [0.2, 0.25) is 5.91 Å². The number of amides is 1. The highest BCUT2D eigenvalue weighted by molar-refractivity contribution is 6.15. The van der Waals surface area contributed by atoms with Crippen LogP contribution in [0.3, 0.4) is 0 Å². The van der Waals surface area contributed by atoms with Crippen molar-refractivity contribution >= 4 is 45.6 Å². The van der Waals surface area contributed by atoms with Gasteiger partial charge in [-0.3, -0.25) is 9.69 Å². The third-order valence-electron chi connectivity index (χ3n) is 6.64. The van der Waals surface area contributed by atoms with Gasteiger partial charge in [-0.15, -0.1) is 0 Å². The molecule has 9 nitrogen and oxygen atoms in total. The predicted molar refractivity (Wildman–Crippen MR) is 138 cm³/mol. The Morgan fingerprint density at radius 2 is 1.50 bits per heavy atom. The molecule has 0 unspecified atom stereocenters. The molecule has 2 aliphatic heterocycles. The number of nitrogens with zero attached hydrogens (tertiary/aromatic N) is 5. The Labute approximate surface area is 207 Å². The highest BCUT2D eigenvalue weighted by atomic mass is 16.5.